The molecule has 0 spiro atoms. The molecule has 2 N–H and O–H groups in total. The van der Waals surface area contributed by atoms with Crippen molar-refractivity contribution in [3.63, 3.8) is 0 Å². The smallest absolute Gasteiger partial charge is 0.229 e. The normalized spacial score (nSPS) is 10.6. The quantitative estimate of drug-likeness (QED) is 0.847. The molecule has 0 bridgehead atoms. The number of thiazole rings is 1. The second-order valence-corrected chi connectivity index (χ2v) is 5.80. The number of carbonyl (C=O) groups excluding carboxylic acids is 1. The standard InChI is InChI=1S/C12H9F3N2OS2/c1-5-9(20-12(19)16-5)4-10(18)17-11-7(14)2-6(13)3-8(11)15/h2-3H,4H2,1H3,(H,16,19)(H,17,18). The number of amides is 1. The summed E-state index contributed by atoms with van der Waals surface area (Å²) in [4.78, 5) is 15.3. The number of anilines is 1. The monoisotopic (exact) mass is 318 g/mol. The van der Waals surface area contributed by atoms with Crippen molar-refractivity contribution in [3.05, 3.63) is 44.1 Å². The number of hydrogen-bond donors (Lipinski definition) is 2. The molecular formula is C12H9F3N2OS2. The average Bonchev–Trinajstić information content (AvgIpc) is 2.62. The van der Waals surface area contributed by atoms with Crippen LogP contribution in [0.5, 0.6) is 0 Å². The Bertz CT molecular complexity index is 701. The zero-order chi connectivity index (χ0) is 14.9. The lowest BCUT2D eigenvalue weighted by Crippen LogP contribution is -2.16. The summed E-state index contributed by atoms with van der Waals surface area (Å²) in [5.41, 5.74) is 0.0726. The van der Waals surface area contributed by atoms with E-state index in [1.54, 1.807) is 6.92 Å². The van der Waals surface area contributed by atoms with Crippen LogP contribution in [0.4, 0.5) is 18.9 Å². The topological polar surface area (TPSA) is 44.9 Å². The fourth-order valence-corrected chi connectivity index (χ4v) is 2.89. The van der Waals surface area contributed by atoms with E-state index in [1.807, 2.05) is 0 Å². The lowest BCUT2D eigenvalue weighted by atomic mass is 10.2. The summed E-state index contributed by atoms with van der Waals surface area (Å²) in [5, 5.41) is 2.09. The maximum Gasteiger partial charge on any atom is 0.229 e. The summed E-state index contributed by atoms with van der Waals surface area (Å²) >= 11 is 6.14. The molecule has 1 aromatic heterocycles. The Kier molecular flexibility index (Phi) is 4.24. The number of benzene rings is 1. The van der Waals surface area contributed by atoms with Crippen molar-refractivity contribution >= 4 is 35.1 Å². The number of aromatic amines is 1. The number of aryl methyl sites for hydroxylation is 1. The van der Waals surface area contributed by atoms with Crippen LogP contribution in [0.1, 0.15) is 10.6 Å². The van der Waals surface area contributed by atoms with E-state index in [-0.39, 0.29) is 6.42 Å². The van der Waals surface area contributed by atoms with Crippen molar-refractivity contribution in [2.24, 2.45) is 0 Å². The van der Waals surface area contributed by atoms with Gasteiger partial charge in [-0.3, -0.25) is 4.79 Å². The van der Waals surface area contributed by atoms with E-state index >= 15 is 0 Å². The van der Waals surface area contributed by atoms with Crippen LogP contribution < -0.4 is 5.32 Å². The molecule has 0 radical (unpaired) electrons. The minimum absolute atomic E-state index is 0.0695. The molecule has 0 aliphatic rings. The van der Waals surface area contributed by atoms with Crippen LogP contribution in [0.25, 0.3) is 0 Å². The zero-order valence-electron chi connectivity index (χ0n) is 10.2. The van der Waals surface area contributed by atoms with Crippen molar-refractivity contribution in [1.82, 2.24) is 4.98 Å². The minimum atomic E-state index is -1.16. The number of hydrogen-bond acceptors (Lipinski definition) is 3. The van der Waals surface area contributed by atoms with Crippen LogP contribution in [-0.4, -0.2) is 10.9 Å². The van der Waals surface area contributed by atoms with E-state index in [1.165, 1.54) is 11.3 Å². The Hall–Kier alpha value is -1.67. The highest BCUT2D eigenvalue weighted by molar-refractivity contribution is 7.73. The SMILES string of the molecule is Cc1[nH]c(=S)sc1CC(=O)Nc1c(F)cc(F)cc1F. The number of H-pyrrole nitrogens is 1. The molecule has 1 aromatic carbocycles. The molecule has 0 saturated heterocycles. The fraction of sp³-hybridized carbons (Fsp3) is 0.167. The fourth-order valence-electron chi connectivity index (χ4n) is 1.60. The van der Waals surface area contributed by atoms with Crippen molar-refractivity contribution in [3.8, 4) is 0 Å². The second kappa shape index (κ2) is 5.76. The molecule has 8 heteroatoms. The van der Waals surface area contributed by atoms with E-state index in [0.29, 0.717) is 21.0 Å². The van der Waals surface area contributed by atoms with Gasteiger partial charge in [0, 0.05) is 22.7 Å². The van der Waals surface area contributed by atoms with Gasteiger partial charge < -0.3 is 10.3 Å². The maximum absolute atomic E-state index is 13.4. The number of halogens is 3. The van der Waals surface area contributed by atoms with Gasteiger partial charge in [-0.25, -0.2) is 13.2 Å². The predicted molar refractivity (Wildman–Crippen MR) is 72.9 cm³/mol. The number of nitrogens with one attached hydrogen (secondary N) is 2. The van der Waals surface area contributed by atoms with E-state index in [0.717, 1.165) is 5.69 Å². The molecule has 3 nitrogen and oxygen atoms in total. The highest BCUT2D eigenvalue weighted by Gasteiger charge is 2.15. The third kappa shape index (κ3) is 3.26. The minimum Gasteiger partial charge on any atom is -0.341 e. The highest BCUT2D eigenvalue weighted by atomic mass is 32.1. The first kappa shape index (κ1) is 14.7. The average molecular weight is 318 g/mol. The summed E-state index contributed by atoms with van der Waals surface area (Å²) < 4.78 is 40.0. The van der Waals surface area contributed by atoms with Gasteiger partial charge >= 0.3 is 0 Å². The van der Waals surface area contributed by atoms with E-state index in [4.69, 9.17) is 12.2 Å². The van der Waals surface area contributed by atoms with Gasteiger partial charge in [0.1, 0.15) is 11.5 Å². The predicted octanol–water partition coefficient (Wildman–Crippen LogP) is 3.71. The van der Waals surface area contributed by atoms with Gasteiger partial charge in [-0.2, -0.15) is 0 Å². The molecular weight excluding hydrogens is 309 g/mol. The summed E-state index contributed by atoms with van der Waals surface area (Å²) in [5.74, 6) is -3.97. The van der Waals surface area contributed by atoms with Gasteiger partial charge in [0.15, 0.2) is 15.6 Å². The molecule has 2 rings (SSSR count). The molecule has 2 aromatic rings. The van der Waals surface area contributed by atoms with Crippen LogP contribution in [0.15, 0.2) is 12.1 Å². The first-order chi connectivity index (χ1) is 9.36. The van der Waals surface area contributed by atoms with Crippen LogP contribution in [0.3, 0.4) is 0 Å². The third-order valence-electron chi connectivity index (χ3n) is 2.52. The molecule has 0 fully saturated rings. The summed E-state index contributed by atoms with van der Waals surface area (Å²) in [6, 6.07) is 1.01. The Morgan fingerprint density at radius 1 is 1.35 bits per heavy atom. The van der Waals surface area contributed by atoms with Crippen molar-refractivity contribution < 1.29 is 18.0 Å². The Balaban J connectivity index is 2.17. The molecule has 0 saturated carbocycles. The largest absolute Gasteiger partial charge is 0.341 e. The number of aromatic nitrogens is 1. The van der Waals surface area contributed by atoms with Crippen molar-refractivity contribution in [1.29, 1.82) is 0 Å². The molecule has 106 valence electrons. The lowest BCUT2D eigenvalue weighted by Gasteiger charge is -2.07. The number of carbonyl (C=O) groups is 1. The molecule has 0 atom stereocenters. The highest BCUT2D eigenvalue weighted by Crippen LogP contribution is 2.21. The summed E-state index contributed by atoms with van der Waals surface area (Å²) in [6.45, 7) is 1.74. The van der Waals surface area contributed by atoms with Gasteiger partial charge in [0.2, 0.25) is 5.91 Å². The van der Waals surface area contributed by atoms with E-state index < -0.39 is 29.0 Å². The molecule has 0 aliphatic heterocycles. The zero-order valence-corrected chi connectivity index (χ0v) is 11.9. The molecule has 20 heavy (non-hydrogen) atoms. The molecule has 0 unspecified atom stereocenters. The summed E-state index contributed by atoms with van der Waals surface area (Å²) in [6.07, 6.45) is -0.0695. The van der Waals surface area contributed by atoms with Crippen LogP contribution in [0.2, 0.25) is 0 Å². The molecule has 1 amide bonds. The maximum atomic E-state index is 13.4. The van der Waals surface area contributed by atoms with Gasteiger partial charge in [-0.15, -0.1) is 11.3 Å². The van der Waals surface area contributed by atoms with Gasteiger partial charge in [0.25, 0.3) is 0 Å². The van der Waals surface area contributed by atoms with Crippen molar-refractivity contribution in [2.75, 3.05) is 5.32 Å². The first-order valence-electron chi connectivity index (χ1n) is 5.50. The summed E-state index contributed by atoms with van der Waals surface area (Å²) in [7, 11) is 0. The van der Waals surface area contributed by atoms with E-state index in [9.17, 15) is 18.0 Å². The van der Waals surface area contributed by atoms with E-state index in [2.05, 4.69) is 10.3 Å². The van der Waals surface area contributed by atoms with Crippen LogP contribution in [-0.2, 0) is 11.2 Å². The number of rotatable bonds is 3. The Morgan fingerprint density at radius 2 is 1.95 bits per heavy atom. The van der Waals surface area contributed by atoms with Crippen LogP contribution in [0, 0.1) is 28.3 Å². The third-order valence-corrected chi connectivity index (χ3v) is 3.85. The van der Waals surface area contributed by atoms with Crippen molar-refractivity contribution in [2.45, 2.75) is 13.3 Å². The Labute approximate surface area is 121 Å². The van der Waals surface area contributed by atoms with Gasteiger partial charge in [0.05, 0.1) is 6.42 Å². The Morgan fingerprint density at radius 3 is 2.45 bits per heavy atom. The first-order valence-corrected chi connectivity index (χ1v) is 6.72. The molecule has 1 heterocycles. The second-order valence-electron chi connectivity index (χ2n) is 4.03. The molecule has 0 aliphatic carbocycles. The van der Waals surface area contributed by atoms with Gasteiger partial charge in [-0.05, 0) is 19.1 Å². The lowest BCUT2D eigenvalue weighted by molar-refractivity contribution is -0.115. The van der Waals surface area contributed by atoms with Crippen LogP contribution >= 0.6 is 23.6 Å². The van der Waals surface area contributed by atoms with Gasteiger partial charge in [-0.1, -0.05) is 0 Å².